The molecule has 2 rings (SSSR count). The summed E-state index contributed by atoms with van der Waals surface area (Å²) in [6, 6.07) is 5.28. The van der Waals surface area contributed by atoms with E-state index in [0.717, 1.165) is 12.1 Å². The minimum atomic E-state index is -0.304. The predicted molar refractivity (Wildman–Crippen MR) is 75.4 cm³/mol. The van der Waals surface area contributed by atoms with Gasteiger partial charge in [0.25, 0.3) is 0 Å². The van der Waals surface area contributed by atoms with Crippen molar-refractivity contribution in [3.8, 4) is 5.69 Å². The normalized spacial score (nSPS) is 12.7. The average molecular weight is 282 g/mol. The fourth-order valence-corrected chi connectivity index (χ4v) is 2.09. The molecule has 0 aliphatic carbocycles. The van der Waals surface area contributed by atoms with Gasteiger partial charge in [-0.2, -0.15) is 5.10 Å². The summed E-state index contributed by atoms with van der Waals surface area (Å²) in [6.07, 6.45) is 1.61. The van der Waals surface area contributed by atoms with Crippen molar-refractivity contribution in [3.63, 3.8) is 0 Å². The first kappa shape index (κ1) is 14.0. The molecule has 0 amide bonds. The summed E-state index contributed by atoms with van der Waals surface area (Å²) in [5, 5.41) is 7.96. The number of aromatic nitrogens is 2. The Morgan fingerprint density at radius 3 is 2.74 bits per heavy atom. The van der Waals surface area contributed by atoms with Crippen LogP contribution in [0.1, 0.15) is 31.1 Å². The molecule has 1 atom stereocenters. The van der Waals surface area contributed by atoms with E-state index in [1.807, 2.05) is 19.9 Å². The molecule has 102 valence electrons. The summed E-state index contributed by atoms with van der Waals surface area (Å²) in [6.45, 7) is 6.67. The Morgan fingerprint density at radius 2 is 2.21 bits per heavy atom. The van der Waals surface area contributed by atoms with Crippen LogP contribution in [0.15, 0.2) is 24.4 Å². The lowest BCUT2D eigenvalue weighted by Gasteiger charge is -2.13. The molecule has 19 heavy (non-hydrogen) atoms. The monoisotopic (exact) mass is 281 g/mol. The molecular formula is C14H17ClFN3. The Bertz CT molecular complexity index is 561. The Hall–Kier alpha value is -1.39. The number of rotatable bonds is 4. The molecule has 1 unspecified atom stereocenters. The second-order valence-corrected chi connectivity index (χ2v) is 4.90. The summed E-state index contributed by atoms with van der Waals surface area (Å²) in [4.78, 5) is 0. The Labute approximate surface area is 117 Å². The van der Waals surface area contributed by atoms with Gasteiger partial charge in [-0.1, -0.05) is 24.6 Å². The second kappa shape index (κ2) is 5.72. The number of nitrogens with one attached hydrogen (secondary N) is 1. The highest BCUT2D eigenvalue weighted by Gasteiger charge is 2.11. The standard InChI is InChI=1S/C14H17ClFN3/c1-4-17-9(2)11-5-6-14(13(16)7-11)19-8-12(15)10(3)18-19/h5-9,17H,4H2,1-3H3. The van der Waals surface area contributed by atoms with Crippen molar-refractivity contribution in [2.45, 2.75) is 26.8 Å². The summed E-state index contributed by atoms with van der Waals surface area (Å²) in [5.74, 6) is -0.304. The number of halogens is 2. The molecule has 1 N–H and O–H groups in total. The van der Waals surface area contributed by atoms with E-state index in [-0.39, 0.29) is 11.9 Å². The third kappa shape index (κ3) is 2.96. The molecule has 0 saturated carbocycles. The maximum absolute atomic E-state index is 14.1. The van der Waals surface area contributed by atoms with Crippen LogP contribution in [0.4, 0.5) is 4.39 Å². The number of hydrogen-bond acceptors (Lipinski definition) is 2. The van der Waals surface area contributed by atoms with Crippen LogP contribution in [0, 0.1) is 12.7 Å². The lowest BCUT2D eigenvalue weighted by Crippen LogP contribution is -2.18. The minimum Gasteiger partial charge on any atom is -0.310 e. The van der Waals surface area contributed by atoms with Gasteiger partial charge in [0, 0.05) is 12.2 Å². The zero-order valence-corrected chi connectivity index (χ0v) is 12.0. The number of benzene rings is 1. The largest absolute Gasteiger partial charge is 0.310 e. The highest BCUT2D eigenvalue weighted by Crippen LogP contribution is 2.21. The van der Waals surface area contributed by atoms with Crippen LogP contribution in [0.5, 0.6) is 0 Å². The summed E-state index contributed by atoms with van der Waals surface area (Å²) < 4.78 is 15.6. The SMILES string of the molecule is CCNC(C)c1ccc(-n2cc(Cl)c(C)n2)c(F)c1. The quantitative estimate of drug-likeness (QED) is 0.927. The van der Waals surface area contributed by atoms with Gasteiger partial charge in [-0.15, -0.1) is 0 Å². The van der Waals surface area contributed by atoms with E-state index in [1.54, 1.807) is 19.2 Å². The van der Waals surface area contributed by atoms with E-state index < -0.39 is 0 Å². The maximum Gasteiger partial charge on any atom is 0.149 e. The van der Waals surface area contributed by atoms with Crippen molar-refractivity contribution < 1.29 is 4.39 Å². The molecule has 0 radical (unpaired) electrons. The van der Waals surface area contributed by atoms with E-state index in [9.17, 15) is 4.39 Å². The van der Waals surface area contributed by atoms with Crippen LogP contribution < -0.4 is 5.32 Å². The highest BCUT2D eigenvalue weighted by molar-refractivity contribution is 6.31. The molecule has 5 heteroatoms. The molecule has 0 bridgehead atoms. The minimum absolute atomic E-state index is 0.122. The second-order valence-electron chi connectivity index (χ2n) is 4.50. The van der Waals surface area contributed by atoms with Gasteiger partial charge in [0.15, 0.2) is 0 Å². The number of nitrogens with zero attached hydrogens (tertiary/aromatic N) is 2. The van der Waals surface area contributed by atoms with Crippen molar-refractivity contribution in [2.75, 3.05) is 6.54 Å². The highest BCUT2D eigenvalue weighted by atomic mass is 35.5. The van der Waals surface area contributed by atoms with Crippen molar-refractivity contribution >= 4 is 11.6 Å². The Balaban J connectivity index is 2.34. The van der Waals surface area contributed by atoms with E-state index in [2.05, 4.69) is 10.4 Å². The topological polar surface area (TPSA) is 29.9 Å². The van der Waals surface area contributed by atoms with E-state index in [0.29, 0.717) is 16.4 Å². The van der Waals surface area contributed by atoms with Crippen LogP contribution in [-0.4, -0.2) is 16.3 Å². The molecule has 0 aliphatic rings. The molecule has 1 aromatic carbocycles. The zero-order valence-electron chi connectivity index (χ0n) is 11.2. The van der Waals surface area contributed by atoms with E-state index in [4.69, 9.17) is 11.6 Å². The molecule has 3 nitrogen and oxygen atoms in total. The van der Waals surface area contributed by atoms with Crippen molar-refractivity contribution in [1.82, 2.24) is 15.1 Å². The molecule has 0 fully saturated rings. The third-order valence-electron chi connectivity index (χ3n) is 3.07. The van der Waals surface area contributed by atoms with Gasteiger partial charge in [-0.05, 0) is 38.1 Å². The lowest BCUT2D eigenvalue weighted by atomic mass is 10.1. The van der Waals surface area contributed by atoms with Crippen molar-refractivity contribution in [3.05, 3.63) is 46.5 Å². The smallest absolute Gasteiger partial charge is 0.149 e. The van der Waals surface area contributed by atoms with Crippen molar-refractivity contribution in [1.29, 1.82) is 0 Å². The van der Waals surface area contributed by atoms with Crippen LogP contribution >= 0.6 is 11.6 Å². The maximum atomic E-state index is 14.1. The van der Waals surface area contributed by atoms with Crippen LogP contribution in [0.25, 0.3) is 5.69 Å². The van der Waals surface area contributed by atoms with Gasteiger partial charge in [0.05, 0.1) is 10.7 Å². The molecule has 0 aliphatic heterocycles. The zero-order chi connectivity index (χ0) is 14.0. The fraction of sp³-hybridized carbons (Fsp3) is 0.357. The summed E-state index contributed by atoms with van der Waals surface area (Å²) in [7, 11) is 0. The van der Waals surface area contributed by atoms with E-state index >= 15 is 0 Å². The van der Waals surface area contributed by atoms with Crippen molar-refractivity contribution in [2.24, 2.45) is 0 Å². The number of hydrogen-bond donors (Lipinski definition) is 1. The predicted octanol–water partition coefficient (Wildman–Crippen LogP) is 3.64. The van der Waals surface area contributed by atoms with Gasteiger partial charge in [-0.25, -0.2) is 9.07 Å². The third-order valence-corrected chi connectivity index (χ3v) is 3.44. The van der Waals surface area contributed by atoms with Gasteiger partial charge in [0.2, 0.25) is 0 Å². The Morgan fingerprint density at radius 1 is 1.47 bits per heavy atom. The van der Waals surface area contributed by atoms with Gasteiger partial charge >= 0.3 is 0 Å². The molecule has 1 heterocycles. The first-order chi connectivity index (χ1) is 9.02. The van der Waals surface area contributed by atoms with E-state index in [1.165, 1.54) is 10.7 Å². The first-order valence-corrected chi connectivity index (χ1v) is 6.65. The molecule has 2 aromatic rings. The number of aryl methyl sites for hydroxylation is 1. The van der Waals surface area contributed by atoms with Gasteiger partial charge in [-0.3, -0.25) is 0 Å². The molecular weight excluding hydrogens is 265 g/mol. The van der Waals surface area contributed by atoms with Crippen LogP contribution in [0.2, 0.25) is 5.02 Å². The van der Waals surface area contributed by atoms with Crippen LogP contribution in [-0.2, 0) is 0 Å². The van der Waals surface area contributed by atoms with Crippen LogP contribution in [0.3, 0.4) is 0 Å². The summed E-state index contributed by atoms with van der Waals surface area (Å²) >= 11 is 5.94. The van der Waals surface area contributed by atoms with Gasteiger partial charge < -0.3 is 5.32 Å². The average Bonchev–Trinajstić information content (AvgIpc) is 2.69. The molecule has 1 aromatic heterocycles. The first-order valence-electron chi connectivity index (χ1n) is 6.28. The van der Waals surface area contributed by atoms with Gasteiger partial charge in [0.1, 0.15) is 11.5 Å². The molecule has 0 spiro atoms. The Kier molecular flexibility index (Phi) is 4.22. The summed E-state index contributed by atoms with van der Waals surface area (Å²) in [5.41, 5.74) is 2.01. The fourth-order valence-electron chi connectivity index (χ4n) is 1.96. The molecule has 0 saturated heterocycles. The lowest BCUT2D eigenvalue weighted by molar-refractivity contribution is 0.577.